The molecule has 1 heterocycles. The van der Waals surface area contributed by atoms with Crippen LogP contribution in [0.4, 0.5) is 5.69 Å². The first-order valence-electron chi connectivity index (χ1n) is 3.40. The van der Waals surface area contributed by atoms with Crippen LogP contribution in [0.2, 0.25) is 0 Å². The summed E-state index contributed by atoms with van der Waals surface area (Å²) < 4.78 is 24.3. The second-order valence-corrected chi connectivity index (χ2v) is 3.90. The van der Waals surface area contributed by atoms with E-state index in [0.29, 0.717) is 5.69 Å². The molecule has 0 saturated heterocycles. The average Bonchev–Trinajstić information content (AvgIpc) is 2.02. The number of rotatable bonds is 0. The molecule has 4 heteroatoms. The van der Waals surface area contributed by atoms with E-state index in [-0.39, 0.29) is 0 Å². The summed E-state index contributed by atoms with van der Waals surface area (Å²) in [5, 5.41) is 2.25. The van der Waals surface area contributed by atoms with Gasteiger partial charge in [-0.05, 0) is 12.1 Å². The molecule has 12 heavy (non-hydrogen) atoms. The molecule has 0 amide bonds. The second-order valence-electron chi connectivity index (χ2n) is 2.45. The van der Waals surface area contributed by atoms with E-state index in [0.717, 1.165) is 5.56 Å². The number of fused-ring (bicyclic) bond motifs is 1. The largest absolute Gasteiger partial charge is 0.279 e. The molecule has 1 aromatic carbocycles. The monoisotopic (exact) mass is 180 g/mol. The van der Waals surface area contributed by atoms with Crippen LogP contribution in [0.3, 0.4) is 0 Å². The minimum Gasteiger partial charge on any atom is -0.279 e. The maximum Gasteiger partial charge on any atom is 0.263 e. The Labute approximate surface area is 70.8 Å². The molecular weight excluding hydrogens is 174 g/mol. The Morgan fingerprint density at radius 3 is 2.83 bits per heavy atom. The number of para-hydroxylation sites is 1. The van der Waals surface area contributed by atoms with E-state index in [4.69, 9.17) is 0 Å². The maximum absolute atomic E-state index is 11.0. The fourth-order valence-corrected chi connectivity index (χ4v) is 1.85. The Hall–Kier alpha value is -1.29. The molecule has 1 radical (unpaired) electrons. The summed E-state index contributed by atoms with van der Waals surface area (Å²) >= 11 is 0. The molecule has 0 unspecified atom stereocenters. The Morgan fingerprint density at radius 1 is 1.25 bits per heavy atom. The van der Waals surface area contributed by atoms with Crippen molar-refractivity contribution in [3.63, 3.8) is 0 Å². The number of sulfonamides is 1. The van der Waals surface area contributed by atoms with Crippen LogP contribution < -0.4 is 4.72 Å². The summed E-state index contributed by atoms with van der Waals surface area (Å²) in [7, 11) is -3.35. The third-order valence-electron chi connectivity index (χ3n) is 1.57. The zero-order chi connectivity index (χ0) is 8.60. The first-order valence-corrected chi connectivity index (χ1v) is 4.88. The van der Waals surface area contributed by atoms with Crippen LogP contribution in [-0.4, -0.2) is 8.42 Å². The lowest BCUT2D eigenvalue weighted by molar-refractivity contribution is 0.608. The molecule has 0 aliphatic carbocycles. The molecule has 1 aliphatic rings. The zero-order valence-electron chi connectivity index (χ0n) is 6.11. The van der Waals surface area contributed by atoms with E-state index in [2.05, 4.69) is 10.1 Å². The van der Waals surface area contributed by atoms with Gasteiger partial charge in [0.05, 0.1) is 5.69 Å². The van der Waals surface area contributed by atoms with Crippen molar-refractivity contribution in [1.82, 2.24) is 0 Å². The summed E-state index contributed by atoms with van der Waals surface area (Å²) in [6.45, 7) is 0. The lowest BCUT2D eigenvalue weighted by atomic mass is 10.2. The maximum atomic E-state index is 11.0. The third-order valence-corrected chi connectivity index (χ3v) is 2.49. The smallest absolute Gasteiger partial charge is 0.263 e. The first-order chi connectivity index (χ1) is 5.67. The summed E-state index contributed by atoms with van der Waals surface area (Å²) in [6, 6.07) is 7.16. The quantitative estimate of drug-likeness (QED) is 0.652. The minimum atomic E-state index is -3.35. The van der Waals surface area contributed by atoms with Gasteiger partial charge in [0.25, 0.3) is 10.0 Å². The highest BCUT2D eigenvalue weighted by molar-refractivity contribution is 7.94. The molecule has 2 rings (SSSR count). The minimum absolute atomic E-state index is 0.608. The molecule has 0 fully saturated rings. The predicted octanol–water partition coefficient (Wildman–Crippen LogP) is 1.22. The molecule has 0 atom stereocenters. The van der Waals surface area contributed by atoms with Crippen molar-refractivity contribution in [3.05, 3.63) is 35.2 Å². The van der Waals surface area contributed by atoms with Crippen molar-refractivity contribution < 1.29 is 8.42 Å². The molecule has 0 bridgehead atoms. The van der Waals surface area contributed by atoms with Crippen LogP contribution in [0.5, 0.6) is 0 Å². The van der Waals surface area contributed by atoms with E-state index >= 15 is 0 Å². The first kappa shape index (κ1) is 7.36. The molecule has 61 valence electrons. The van der Waals surface area contributed by atoms with Gasteiger partial charge in [-0.25, -0.2) is 8.42 Å². The molecule has 0 aromatic heterocycles. The molecule has 3 nitrogen and oxygen atoms in total. The van der Waals surface area contributed by atoms with Gasteiger partial charge in [-0.3, -0.25) is 4.72 Å². The van der Waals surface area contributed by atoms with Gasteiger partial charge in [-0.15, -0.1) is 0 Å². The van der Waals surface area contributed by atoms with Gasteiger partial charge in [0.2, 0.25) is 0 Å². The Bertz CT molecular complexity index is 434. The lowest BCUT2D eigenvalue weighted by Crippen LogP contribution is -2.13. The number of hydrogen-bond acceptors (Lipinski definition) is 2. The van der Waals surface area contributed by atoms with Crippen molar-refractivity contribution in [2.24, 2.45) is 0 Å². The van der Waals surface area contributed by atoms with Gasteiger partial charge < -0.3 is 0 Å². The van der Waals surface area contributed by atoms with Gasteiger partial charge >= 0.3 is 0 Å². The van der Waals surface area contributed by atoms with Crippen LogP contribution in [0.25, 0.3) is 6.08 Å². The van der Waals surface area contributed by atoms with E-state index in [9.17, 15) is 8.42 Å². The van der Waals surface area contributed by atoms with E-state index in [1.165, 1.54) is 6.08 Å². The Morgan fingerprint density at radius 2 is 2.00 bits per heavy atom. The average molecular weight is 180 g/mol. The van der Waals surface area contributed by atoms with Gasteiger partial charge in [-0.2, -0.15) is 0 Å². The summed E-state index contributed by atoms with van der Waals surface area (Å²) in [5.41, 5.74) is 1.45. The molecule has 0 saturated carbocycles. The second kappa shape index (κ2) is 2.35. The van der Waals surface area contributed by atoms with Crippen molar-refractivity contribution in [3.8, 4) is 0 Å². The predicted molar refractivity (Wildman–Crippen MR) is 46.7 cm³/mol. The molecule has 1 aromatic rings. The van der Waals surface area contributed by atoms with E-state index in [1.807, 2.05) is 12.1 Å². The number of anilines is 1. The van der Waals surface area contributed by atoms with Gasteiger partial charge in [0.1, 0.15) is 5.41 Å². The molecule has 1 N–H and O–H groups in total. The van der Waals surface area contributed by atoms with Gasteiger partial charge in [-0.1, -0.05) is 18.2 Å². The Balaban J connectivity index is 2.61. The van der Waals surface area contributed by atoms with Gasteiger partial charge in [0, 0.05) is 5.56 Å². The number of nitrogens with one attached hydrogen (secondary N) is 1. The zero-order valence-corrected chi connectivity index (χ0v) is 6.93. The Kier molecular flexibility index (Phi) is 1.44. The van der Waals surface area contributed by atoms with E-state index < -0.39 is 10.0 Å². The third kappa shape index (κ3) is 1.21. The van der Waals surface area contributed by atoms with Crippen LogP contribution in [0, 0.1) is 5.41 Å². The van der Waals surface area contributed by atoms with Crippen molar-refractivity contribution >= 4 is 21.8 Å². The highest BCUT2D eigenvalue weighted by atomic mass is 32.2. The fourth-order valence-electron chi connectivity index (χ4n) is 1.03. The van der Waals surface area contributed by atoms with Crippen molar-refractivity contribution in [2.45, 2.75) is 0 Å². The molecule has 1 aliphatic heterocycles. The lowest BCUT2D eigenvalue weighted by Gasteiger charge is -2.11. The topological polar surface area (TPSA) is 46.2 Å². The van der Waals surface area contributed by atoms with Crippen LogP contribution in [0.1, 0.15) is 5.56 Å². The van der Waals surface area contributed by atoms with Crippen LogP contribution in [-0.2, 0) is 10.0 Å². The fraction of sp³-hybridized carbons (Fsp3) is 0. The normalized spacial score (nSPS) is 18.0. The number of benzene rings is 1. The number of hydrogen-bond donors (Lipinski definition) is 1. The highest BCUT2D eigenvalue weighted by Gasteiger charge is 2.13. The van der Waals surface area contributed by atoms with Gasteiger partial charge in [0.15, 0.2) is 0 Å². The summed E-state index contributed by atoms with van der Waals surface area (Å²) in [4.78, 5) is 0. The SMILES string of the molecule is O=S1(=O)[C]=Cc2ccccc2N1. The standard InChI is InChI=1S/C8H6NO2S/c10-12(11)6-5-7-3-1-2-4-8(7)9-12/h1-5,9H. The van der Waals surface area contributed by atoms with E-state index in [1.54, 1.807) is 12.1 Å². The summed E-state index contributed by atoms with van der Waals surface area (Å²) in [6.07, 6.45) is 1.46. The van der Waals surface area contributed by atoms with Crippen LogP contribution in [0.15, 0.2) is 24.3 Å². The highest BCUT2D eigenvalue weighted by Crippen LogP contribution is 2.22. The van der Waals surface area contributed by atoms with Crippen LogP contribution >= 0.6 is 0 Å². The summed E-state index contributed by atoms with van der Waals surface area (Å²) in [5.74, 6) is 0. The van der Waals surface area contributed by atoms with Crippen molar-refractivity contribution in [1.29, 1.82) is 0 Å². The molecular formula is C8H6NO2S. The molecule has 0 spiro atoms. The van der Waals surface area contributed by atoms with Crippen molar-refractivity contribution in [2.75, 3.05) is 4.72 Å².